The molecule has 1 aliphatic heterocycles. The molecule has 1 saturated heterocycles. The van der Waals surface area contributed by atoms with Crippen LogP contribution in [0.4, 0.5) is 0 Å². The third-order valence-corrected chi connectivity index (χ3v) is 3.88. The largest absolute Gasteiger partial charge is 0.378 e. The Hall–Kier alpha value is -0.330. The van der Waals surface area contributed by atoms with Gasteiger partial charge in [0.1, 0.15) is 0 Å². The molecule has 2 unspecified atom stereocenters. The number of carbonyl (C=O) groups excluding carboxylic acids is 1. The van der Waals surface area contributed by atoms with Crippen molar-refractivity contribution in [3.05, 3.63) is 33.3 Å². The van der Waals surface area contributed by atoms with Gasteiger partial charge in [-0.2, -0.15) is 0 Å². The molecule has 0 radical (unpaired) electrons. The van der Waals surface area contributed by atoms with E-state index in [9.17, 15) is 4.79 Å². The normalized spacial score (nSPS) is 21.8. The van der Waals surface area contributed by atoms with Gasteiger partial charge in [0.05, 0.1) is 17.7 Å². The molecule has 2 atom stereocenters. The van der Waals surface area contributed by atoms with Gasteiger partial charge in [-0.3, -0.25) is 4.79 Å². The first kappa shape index (κ1) is 16.7. The van der Waals surface area contributed by atoms with Gasteiger partial charge in [-0.1, -0.05) is 11.6 Å². The highest BCUT2D eigenvalue weighted by atomic mass is 79.9. The summed E-state index contributed by atoms with van der Waals surface area (Å²) in [6.07, 6.45) is 0.00640. The lowest BCUT2D eigenvalue weighted by Gasteiger charge is -2.19. The molecule has 1 aromatic rings. The minimum Gasteiger partial charge on any atom is -0.378 e. The van der Waals surface area contributed by atoms with Crippen molar-refractivity contribution in [3.63, 3.8) is 0 Å². The summed E-state index contributed by atoms with van der Waals surface area (Å²) in [5.41, 5.74) is 0.532. The van der Waals surface area contributed by atoms with E-state index in [2.05, 4.69) is 26.6 Å². The number of nitrogens with one attached hydrogen (secondary N) is 2. The first-order valence-electron chi connectivity index (χ1n) is 5.61. The highest BCUT2D eigenvalue weighted by Gasteiger charge is 2.28. The van der Waals surface area contributed by atoms with Crippen molar-refractivity contribution in [3.8, 4) is 0 Å². The highest BCUT2D eigenvalue weighted by molar-refractivity contribution is 9.10. The van der Waals surface area contributed by atoms with Gasteiger partial charge in [-0.15, -0.1) is 12.4 Å². The summed E-state index contributed by atoms with van der Waals surface area (Å²) in [5.74, 6) is -0.153. The Labute approximate surface area is 131 Å². The summed E-state index contributed by atoms with van der Waals surface area (Å²) in [7, 11) is 1.64. The van der Waals surface area contributed by atoms with Crippen LogP contribution in [0.5, 0.6) is 0 Å². The van der Waals surface area contributed by atoms with Crippen molar-refractivity contribution in [2.75, 3.05) is 20.2 Å². The van der Waals surface area contributed by atoms with Crippen LogP contribution in [0, 0.1) is 0 Å². The average molecular weight is 370 g/mol. The molecule has 0 aromatic heterocycles. The molecule has 0 aliphatic carbocycles. The van der Waals surface area contributed by atoms with E-state index in [1.807, 2.05) is 0 Å². The van der Waals surface area contributed by atoms with Crippen molar-refractivity contribution in [2.45, 2.75) is 12.1 Å². The molecule has 1 fully saturated rings. The summed E-state index contributed by atoms with van der Waals surface area (Å²) in [5, 5.41) is 6.67. The van der Waals surface area contributed by atoms with Crippen molar-refractivity contribution < 1.29 is 9.53 Å². The molecule has 1 aliphatic rings. The number of methoxy groups -OCH3 is 1. The lowest BCUT2D eigenvalue weighted by molar-refractivity contribution is 0.0779. The topological polar surface area (TPSA) is 50.4 Å². The molecule has 2 N–H and O–H groups in total. The van der Waals surface area contributed by atoms with Gasteiger partial charge in [0, 0.05) is 29.7 Å². The van der Waals surface area contributed by atoms with Gasteiger partial charge in [0.15, 0.2) is 0 Å². The van der Waals surface area contributed by atoms with Crippen molar-refractivity contribution in [1.29, 1.82) is 0 Å². The molecular formula is C12H15BrCl2N2O2. The summed E-state index contributed by atoms with van der Waals surface area (Å²) in [6.45, 7) is 1.46. The van der Waals surface area contributed by atoms with Crippen molar-refractivity contribution in [1.82, 2.24) is 10.6 Å². The molecule has 1 aromatic carbocycles. The van der Waals surface area contributed by atoms with Gasteiger partial charge in [-0.25, -0.2) is 0 Å². The summed E-state index contributed by atoms with van der Waals surface area (Å²) >= 11 is 9.24. The van der Waals surface area contributed by atoms with E-state index < -0.39 is 0 Å². The van der Waals surface area contributed by atoms with E-state index in [0.717, 1.165) is 11.0 Å². The van der Waals surface area contributed by atoms with Crippen LogP contribution in [0.15, 0.2) is 22.7 Å². The van der Waals surface area contributed by atoms with Crippen LogP contribution in [0.2, 0.25) is 5.02 Å². The number of benzene rings is 1. The molecule has 7 heteroatoms. The number of hydrogen-bond donors (Lipinski definition) is 2. The maximum absolute atomic E-state index is 12.2. The molecule has 1 heterocycles. The quantitative estimate of drug-likeness (QED) is 0.859. The second kappa shape index (κ2) is 7.45. The molecular weight excluding hydrogens is 355 g/mol. The van der Waals surface area contributed by atoms with Crippen LogP contribution >= 0.6 is 39.9 Å². The minimum absolute atomic E-state index is 0. The third-order valence-electron chi connectivity index (χ3n) is 2.95. The van der Waals surface area contributed by atoms with Crippen LogP contribution in [-0.4, -0.2) is 38.3 Å². The van der Waals surface area contributed by atoms with E-state index in [0.29, 0.717) is 17.1 Å². The van der Waals surface area contributed by atoms with Crippen molar-refractivity contribution >= 4 is 45.8 Å². The first-order valence-corrected chi connectivity index (χ1v) is 6.78. The number of rotatable bonds is 3. The second-order valence-corrected chi connectivity index (χ2v) is 5.43. The third kappa shape index (κ3) is 4.07. The lowest BCUT2D eigenvalue weighted by Crippen LogP contribution is -2.43. The fourth-order valence-electron chi connectivity index (χ4n) is 1.96. The Morgan fingerprint density at radius 1 is 1.53 bits per heavy atom. The molecule has 0 saturated carbocycles. The van der Waals surface area contributed by atoms with Gasteiger partial charge in [0.2, 0.25) is 0 Å². The zero-order valence-electron chi connectivity index (χ0n) is 10.3. The van der Waals surface area contributed by atoms with Crippen LogP contribution in [0.1, 0.15) is 10.4 Å². The molecule has 19 heavy (non-hydrogen) atoms. The fourth-order valence-corrected chi connectivity index (χ4v) is 2.56. The van der Waals surface area contributed by atoms with Crippen LogP contribution < -0.4 is 10.6 Å². The zero-order chi connectivity index (χ0) is 13.1. The molecule has 106 valence electrons. The van der Waals surface area contributed by atoms with Crippen LogP contribution in [-0.2, 0) is 4.74 Å². The summed E-state index contributed by atoms with van der Waals surface area (Å²) < 4.78 is 6.03. The Morgan fingerprint density at radius 2 is 2.26 bits per heavy atom. The fraction of sp³-hybridized carbons (Fsp3) is 0.417. The van der Waals surface area contributed by atoms with Gasteiger partial charge >= 0.3 is 0 Å². The maximum Gasteiger partial charge on any atom is 0.252 e. The summed E-state index contributed by atoms with van der Waals surface area (Å²) in [6, 6.07) is 5.12. The predicted octanol–water partition coefficient (Wildman–Crippen LogP) is 2.24. The smallest absolute Gasteiger partial charge is 0.252 e. The lowest BCUT2D eigenvalue weighted by atomic mass is 10.1. The monoisotopic (exact) mass is 368 g/mol. The van der Waals surface area contributed by atoms with Crippen molar-refractivity contribution in [2.24, 2.45) is 0 Å². The molecule has 0 bridgehead atoms. The van der Waals surface area contributed by atoms with E-state index in [1.54, 1.807) is 25.3 Å². The molecule has 0 spiro atoms. The Kier molecular flexibility index (Phi) is 6.56. The highest BCUT2D eigenvalue weighted by Crippen LogP contribution is 2.21. The van der Waals surface area contributed by atoms with Crippen LogP contribution in [0.25, 0.3) is 0 Å². The maximum atomic E-state index is 12.2. The Balaban J connectivity index is 0.00000180. The number of hydrogen-bond acceptors (Lipinski definition) is 3. The Morgan fingerprint density at radius 3 is 2.95 bits per heavy atom. The van der Waals surface area contributed by atoms with E-state index in [-0.39, 0.29) is 30.5 Å². The van der Waals surface area contributed by atoms with E-state index in [4.69, 9.17) is 16.3 Å². The van der Waals surface area contributed by atoms with Crippen LogP contribution in [0.3, 0.4) is 0 Å². The number of ether oxygens (including phenoxy) is 1. The van der Waals surface area contributed by atoms with E-state index in [1.165, 1.54) is 0 Å². The van der Waals surface area contributed by atoms with Gasteiger partial charge in [0.25, 0.3) is 5.91 Å². The van der Waals surface area contributed by atoms with E-state index >= 15 is 0 Å². The molecule has 1 amide bonds. The molecule has 4 nitrogen and oxygen atoms in total. The number of carbonyl (C=O) groups is 1. The standard InChI is InChI=1S/C12H14BrClN2O2.ClH/c1-18-11-6-15-5-10(11)16-12(17)8-4-7(14)2-3-9(8)13;/h2-4,10-11,15H,5-6H2,1H3,(H,16,17);1H. The van der Waals surface area contributed by atoms with Gasteiger partial charge in [-0.05, 0) is 34.1 Å². The second-order valence-electron chi connectivity index (χ2n) is 4.14. The number of amides is 1. The Bertz CT molecular complexity index is 459. The first-order chi connectivity index (χ1) is 8.61. The average Bonchev–Trinajstić information content (AvgIpc) is 2.79. The predicted molar refractivity (Wildman–Crippen MR) is 81.3 cm³/mol. The molecule has 2 rings (SSSR count). The zero-order valence-corrected chi connectivity index (χ0v) is 13.4. The summed E-state index contributed by atoms with van der Waals surface area (Å²) in [4.78, 5) is 12.2. The minimum atomic E-state index is -0.153. The SMILES string of the molecule is COC1CNCC1NC(=O)c1cc(Cl)ccc1Br.Cl. The number of halogens is 3. The van der Waals surface area contributed by atoms with Gasteiger partial charge < -0.3 is 15.4 Å².